The number of rotatable bonds is 4. The van der Waals surface area contributed by atoms with Crippen molar-refractivity contribution in [3.05, 3.63) is 101 Å². The molecule has 1 saturated heterocycles. The molecule has 0 N–H and O–H groups in total. The van der Waals surface area contributed by atoms with Gasteiger partial charge in [0, 0.05) is 24.2 Å². The standard InChI is InChI=1S/C23H22N2O/c26-23(19-11-5-2-6-12-19)25-16-8-15-22(25)21-14-7-13-20(24-21)17-18-9-3-1-4-10-18/h1-7,9-14,22H,8,15-17H2/t22-/m1/s1. The minimum absolute atomic E-state index is 0.0680. The summed E-state index contributed by atoms with van der Waals surface area (Å²) in [5.41, 5.74) is 4.05. The van der Waals surface area contributed by atoms with Gasteiger partial charge in [0.15, 0.2) is 0 Å². The summed E-state index contributed by atoms with van der Waals surface area (Å²) in [6.07, 6.45) is 2.81. The second-order valence-corrected chi connectivity index (χ2v) is 6.74. The first-order valence-electron chi connectivity index (χ1n) is 9.17. The lowest BCUT2D eigenvalue weighted by atomic mass is 10.1. The fourth-order valence-electron chi connectivity index (χ4n) is 3.65. The molecule has 130 valence electrons. The number of nitrogens with zero attached hydrogens (tertiary/aromatic N) is 2. The maximum absolute atomic E-state index is 12.9. The van der Waals surface area contributed by atoms with Gasteiger partial charge in [-0.05, 0) is 42.7 Å². The van der Waals surface area contributed by atoms with E-state index in [-0.39, 0.29) is 11.9 Å². The molecule has 0 spiro atoms. The van der Waals surface area contributed by atoms with Gasteiger partial charge in [-0.1, -0.05) is 54.6 Å². The fourth-order valence-corrected chi connectivity index (χ4v) is 3.65. The zero-order chi connectivity index (χ0) is 17.8. The molecule has 0 unspecified atom stereocenters. The van der Waals surface area contributed by atoms with Gasteiger partial charge in [0.1, 0.15) is 0 Å². The Morgan fingerprint density at radius 2 is 1.65 bits per heavy atom. The highest BCUT2D eigenvalue weighted by Gasteiger charge is 2.31. The Morgan fingerprint density at radius 3 is 2.42 bits per heavy atom. The van der Waals surface area contributed by atoms with Gasteiger partial charge in [0.05, 0.1) is 11.7 Å². The number of pyridine rings is 1. The summed E-state index contributed by atoms with van der Waals surface area (Å²) in [7, 11) is 0. The van der Waals surface area contributed by atoms with Crippen molar-refractivity contribution in [3.8, 4) is 0 Å². The molecule has 1 atom stereocenters. The van der Waals surface area contributed by atoms with Gasteiger partial charge in [-0.25, -0.2) is 0 Å². The third kappa shape index (κ3) is 3.52. The summed E-state index contributed by atoms with van der Waals surface area (Å²) in [5, 5.41) is 0. The van der Waals surface area contributed by atoms with E-state index in [1.54, 1.807) is 0 Å². The highest BCUT2D eigenvalue weighted by atomic mass is 16.2. The fraction of sp³-hybridized carbons (Fsp3) is 0.217. The topological polar surface area (TPSA) is 33.2 Å². The van der Waals surface area contributed by atoms with Crippen LogP contribution in [-0.2, 0) is 6.42 Å². The van der Waals surface area contributed by atoms with Crippen LogP contribution in [0.3, 0.4) is 0 Å². The molecule has 0 radical (unpaired) electrons. The maximum Gasteiger partial charge on any atom is 0.254 e. The summed E-state index contributed by atoms with van der Waals surface area (Å²) in [6, 6.07) is 26.2. The lowest BCUT2D eigenvalue weighted by Gasteiger charge is -2.24. The Labute approximate surface area is 154 Å². The van der Waals surface area contributed by atoms with E-state index in [2.05, 4.69) is 42.5 Å². The average molecular weight is 342 g/mol. The zero-order valence-corrected chi connectivity index (χ0v) is 14.7. The molecule has 2 heterocycles. The number of aromatic nitrogens is 1. The summed E-state index contributed by atoms with van der Waals surface area (Å²) >= 11 is 0. The molecule has 2 aromatic carbocycles. The number of amides is 1. The number of carbonyl (C=O) groups excluding carboxylic acids is 1. The molecule has 26 heavy (non-hydrogen) atoms. The molecule has 4 rings (SSSR count). The van der Waals surface area contributed by atoms with E-state index in [0.29, 0.717) is 0 Å². The first-order chi connectivity index (χ1) is 12.8. The molecular weight excluding hydrogens is 320 g/mol. The predicted molar refractivity (Wildman–Crippen MR) is 103 cm³/mol. The van der Waals surface area contributed by atoms with E-state index in [4.69, 9.17) is 4.98 Å². The molecule has 3 aromatic rings. The SMILES string of the molecule is O=C(c1ccccc1)N1CCC[C@@H]1c1cccc(Cc2ccccc2)n1. The summed E-state index contributed by atoms with van der Waals surface area (Å²) in [4.78, 5) is 19.8. The van der Waals surface area contributed by atoms with Crippen LogP contribution in [0.2, 0.25) is 0 Å². The summed E-state index contributed by atoms with van der Waals surface area (Å²) < 4.78 is 0. The van der Waals surface area contributed by atoms with Gasteiger partial charge >= 0.3 is 0 Å². The Balaban J connectivity index is 1.56. The average Bonchev–Trinajstić information content (AvgIpc) is 3.19. The van der Waals surface area contributed by atoms with Gasteiger partial charge in [-0.15, -0.1) is 0 Å². The van der Waals surface area contributed by atoms with E-state index >= 15 is 0 Å². The first kappa shape index (κ1) is 16.5. The van der Waals surface area contributed by atoms with E-state index < -0.39 is 0 Å². The largest absolute Gasteiger partial charge is 0.330 e. The van der Waals surface area contributed by atoms with Crippen molar-refractivity contribution in [1.82, 2.24) is 9.88 Å². The molecular formula is C23H22N2O. The van der Waals surface area contributed by atoms with Crippen LogP contribution in [0, 0.1) is 0 Å². The lowest BCUT2D eigenvalue weighted by molar-refractivity contribution is 0.0733. The molecule has 0 saturated carbocycles. The van der Waals surface area contributed by atoms with E-state index in [9.17, 15) is 4.79 Å². The molecule has 1 aliphatic heterocycles. The molecule has 1 fully saturated rings. The van der Waals surface area contributed by atoms with Crippen LogP contribution in [0.5, 0.6) is 0 Å². The molecule has 0 aliphatic carbocycles. The smallest absolute Gasteiger partial charge is 0.254 e. The number of hydrogen-bond donors (Lipinski definition) is 0. The van der Waals surface area contributed by atoms with Gasteiger partial charge in [-0.2, -0.15) is 0 Å². The lowest BCUT2D eigenvalue weighted by Crippen LogP contribution is -2.31. The van der Waals surface area contributed by atoms with E-state index in [0.717, 1.165) is 42.8 Å². The minimum atomic E-state index is 0.0680. The Morgan fingerprint density at radius 1 is 0.923 bits per heavy atom. The number of carbonyl (C=O) groups is 1. The second-order valence-electron chi connectivity index (χ2n) is 6.74. The van der Waals surface area contributed by atoms with Crippen LogP contribution >= 0.6 is 0 Å². The highest BCUT2D eigenvalue weighted by Crippen LogP contribution is 2.32. The van der Waals surface area contributed by atoms with Crippen molar-refractivity contribution >= 4 is 5.91 Å². The van der Waals surface area contributed by atoms with Crippen LogP contribution < -0.4 is 0 Å². The normalized spacial score (nSPS) is 16.6. The molecule has 3 nitrogen and oxygen atoms in total. The van der Waals surface area contributed by atoms with Crippen LogP contribution in [0.25, 0.3) is 0 Å². The van der Waals surface area contributed by atoms with Crippen LogP contribution in [0.4, 0.5) is 0 Å². The third-order valence-corrected chi connectivity index (χ3v) is 4.93. The third-order valence-electron chi connectivity index (χ3n) is 4.93. The van der Waals surface area contributed by atoms with E-state index in [1.807, 2.05) is 41.3 Å². The zero-order valence-electron chi connectivity index (χ0n) is 14.7. The quantitative estimate of drug-likeness (QED) is 0.691. The van der Waals surface area contributed by atoms with Crippen LogP contribution in [0.1, 0.15) is 46.2 Å². The second kappa shape index (κ2) is 7.52. The van der Waals surface area contributed by atoms with Crippen molar-refractivity contribution < 1.29 is 4.79 Å². The van der Waals surface area contributed by atoms with E-state index in [1.165, 1.54) is 5.56 Å². The molecule has 1 amide bonds. The van der Waals surface area contributed by atoms with Gasteiger partial charge in [0.2, 0.25) is 0 Å². The number of hydrogen-bond acceptors (Lipinski definition) is 2. The Bertz CT molecular complexity index is 877. The van der Waals surface area contributed by atoms with Gasteiger partial charge in [-0.3, -0.25) is 9.78 Å². The predicted octanol–water partition coefficient (Wildman–Crippen LogP) is 4.65. The Hall–Kier alpha value is -2.94. The Kier molecular flexibility index (Phi) is 4.78. The van der Waals surface area contributed by atoms with Gasteiger partial charge < -0.3 is 4.90 Å². The van der Waals surface area contributed by atoms with Crippen molar-refractivity contribution in [1.29, 1.82) is 0 Å². The van der Waals surface area contributed by atoms with Crippen molar-refractivity contribution in [2.24, 2.45) is 0 Å². The monoisotopic (exact) mass is 342 g/mol. The molecule has 1 aliphatic rings. The molecule has 3 heteroatoms. The summed E-state index contributed by atoms with van der Waals surface area (Å²) in [5.74, 6) is 0.100. The maximum atomic E-state index is 12.9. The molecule has 0 bridgehead atoms. The number of benzene rings is 2. The van der Waals surface area contributed by atoms with Gasteiger partial charge in [0.25, 0.3) is 5.91 Å². The van der Waals surface area contributed by atoms with Crippen LogP contribution in [-0.4, -0.2) is 22.3 Å². The molecule has 1 aromatic heterocycles. The highest BCUT2D eigenvalue weighted by molar-refractivity contribution is 5.94. The minimum Gasteiger partial charge on any atom is -0.330 e. The summed E-state index contributed by atoms with van der Waals surface area (Å²) in [6.45, 7) is 0.795. The van der Waals surface area contributed by atoms with Crippen molar-refractivity contribution in [3.63, 3.8) is 0 Å². The van der Waals surface area contributed by atoms with Crippen molar-refractivity contribution in [2.45, 2.75) is 25.3 Å². The first-order valence-corrected chi connectivity index (χ1v) is 9.17. The van der Waals surface area contributed by atoms with Crippen LogP contribution in [0.15, 0.2) is 78.9 Å². The number of likely N-dealkylation sites (tertiary alicyclic amines) is 1. The van der Waals surface area contributed by atoms with Crippen molar-refractivity contribution in [2.75, 3.05) is 6.54 Å².